The number of fused-ring (bicyclic) bond motifs is 1. The van der Waals surface area contributed by atoms with Crippen LogP contribution in [-0.2, 0) is 27.3 Å². The van der Waals surface area contributed by atoms with Crippen LogP contribution in [0.2, 0.25) is 0 Å². The number of methoxy groups -OCH3 is 1. The Morgan fingerprint density at radius 3 is 2.77 bits per heavy atom. The number of carbonyl (C=O) groups excluding carboxylic acids is 2. The first-order valence-corrected chi connectivity index (χ1v) is 8.61. The Morgan fingerprint density at radius 1 is 1.27 bits per heavy atom. The molecular weight excluding hydrogens is 330 g/mol. The number of benzene rings is 2. The summed E-state index contributed by atoms with van der Waals surface area (Å²) in [5.74, 6) is -0.535. The maximum Gasteiger partial charge on any atom is 0.308 e. The number of nitrogens with one attached hydrogen (secondary N) is 1. The van der Waals surface area contributed by atoms with Crippen LogP contribution in [0.4, 0.5) is 11.4 Å². The van der Waals surface area contributed by atoms with E-state index in [-0.39, 0.29) is 12.3 Å². The highest BCUT2D eigenvalue weighted by Gasteiger charge is 2.31. The summed E-state index contributed by atoms with van der Waals surface area (Å²) in [6.45, 7) is 1.05. The van der Waals surface area contributed by atoms with Crippen LogP contribution < -0.4 is 11.1 Å². The quantitative estimate of drug-likeness (QED) is 0.636. The van der Waals surface area contributed by atoms with Crippen LogP contribution in [-0.4, -0.2) is 36.5 Å². The molecule has 1 aliphatic rings. The molecule has 6 heteroatoms. The van der Waals surface area contributed by atoms with Gasteiger partial charge in [-0.05, 0) is 29.7 Å². The van der Waals surface area contributed by atoms with Gasteiger partial charge in [0.1, 0.15) is 6.04 Å². The zero-order chi connectivity index (χ0) is 18.5. The number of hydrogen-bond acceptors (Lipinski definition) is 5. The molecular formula is C20H23N3O3. The van der Waals surface area contributed by atoms with E-state index in [0.717, 1.165) is 17.7 Å². The normalized spacial score (nSPS) is 16.4. The van der Waals surface area contributed by atoms with Crippen LogP contribution in [0.15, 0.2) is 48.5 Å². The van der Waals surface area contributed by atoms with Crippen LogP contribution in [0.1, 0.15) is 17.5 Å². The van der Waals surface area contributed by atoms with Crippen molar-refractivity contribution in [3.8, 4) is 0 Å². The molecule has 3 N–H and O–H groups in total. The minimum Gasteiger partial charge on any atom is -0.469 e. The van der Waals surface area contributed by atoms with Crippen molar-refractivity contribution in [2.24, 2.45) is 0 Å². The Hall–Kier alpha value is -3.02. The largest absolute Gasteiger partial charge is 0.469 e. The van der Waals surface area contributed by atoms with Crippen molar-refractivity contribution in [2.45, 2.75) is 25.4 Å². The molecule has 136 valence electrons. The van der Waals surface area contributed by atoms with E-state index >= 15 is 0 Å². The van der Waals surface area contributed by atoms with Gasteiger partial charge in [-0.2, -0.15) is 0 Å². The molecule has 3 rings (SSSR count). The third-order valence-electron chi connectivity index (χ3n) is 4.55. The molecule has 2 aromatic carbocycles. The predicted octanol–water partition coefficient (Wildman–Crippen LogP) is 2.20. The number of carbonyl (C=O) groups is 2. The average Bonchev–Trinajstić information content (AvgIpc) is 2.77. The summed E-state index contributed by atoms with van der Waals surface area (Å²) in [6, 6.07) is 14.9. The summed E-state index contributed by atoms with van der Waals surface area (Å²) >= 11 is 0. The van der Waals surface area contributed by atoms with E-state index in [2.05, 4.69) is 5.32 Å². The number of nitrogens with zero attached hydrogens (tertiary/aromatic N) is 1. The van der Waals surface area contributed by atoms with Gasteiger partial charge >= 0.3 is 5.97 Å². The second kappa shape index (κ2) is 7.91. The van der Waals surface area contributed by atoms with E-state index in [4.69, 9.17) is 10.5 Å². The zero-order valence-electron chi connectivity index (χ0n) is 14.8. The molecule has 0 saturated carbocycles. The number of anilines is 2. The molecule has 0 aliphatic carbocycles. The third-order valence-corrected chi connectivity index (χ3v) is 4.55. The molecule has 0 aromatic heterocycles. The fourth-order valence-corrected chi connectivity index (χ4v) is 3.11. The van der Waals surface area contributed by atoms with Crippen molar-refractivity contribution in [3.63, 3.8) is 0 Å². The highest BCUT2D eigenvalue weighted by Crippen LogP contribution is 2.26. The summed E-state index contributed by atoms with van der Waals surface area (Å²) in [5, 5.41) is 3.17. The lowest BCUT2D eigenvalue weighted by Gasteiger charge is -2.24. The lowest BCUT2D eigenvalue weighted by atomic mass is 10.1. The number of nitrogens with two attached hydrogens (primary N) is 1. The van der Waals surface area contributed by atoms with Crippen LogP contribution in [0, 0.1) is 0 Å². The van der Waals surface area contributed by atoms with Crippen molar-refractivity contribution in [2.75, 3.05) is 24.7 Å². The molecule has 6 nitrogen and oxygen atoms in total. The second-order valence-corrected chi connectivity index (χ2v) is 6.39. The molecule has 0 fully saturated rings. The van der Waals surface area contributed by atoms with Gasteiger partial charge < -0.3 is 20.7 Å². The highest BCUT2D eigenvalue weighted by atomic mass is 16.5. The predicted molar refractivity (Wildman–Crippen MR) is 100 cm³/mol. The third kappa shape index (κ3) is 4.14. The Bertz CT molecular complexity index is 792. The van der Waals surface area contributed by atoms with Crippen molar-refractivity contribution in [1.82, 2.24) is 4.90 Å². The first kappa shape index (κ1) is 17.8. The minimum absolute atomic E-state index is 0.0224. The van der Waals surface area contributed by atoms with Gasteiger partial charge in [-0.3, -0.25) is 9.59 Å². The summed E-state index contributed by atoms with van der Waals surface area (Å²) in [5.41, 5.74) is 9.42. The molecule has 1 amide bonds. The fourth-order valence-electron chi connectivity index (χ4n) is 3.11. The number of amides is 1. The number of nitrogen functional groups attached to an aromatic ring is 1. The molecule has 1 unspecified atom stereocenters. The highest BCUT2D eigenvalue weighted by molar-refractivity contribution is 5.90. The summed E-state index contributed by atoms with van der Waals surface area (Å²) in [4.78, 5) is 26.5. The number of esters is 1. The molecule has 1 atom stereocenters. The topological polar surface area (TPSA) is 84.7 Å². The van der Waals surface area contributed by atoms with Gasteiger partial charge in [0.05, 0.1) is 13.5 Å². The van der Waals surface area contributed by atoms with Gasteiger partial charge in [-0.1, -0.05) is 36.4 Å². The van der Waals surface area contributed by atoms with E-state index in [1.807, 2.05) is 42.5 Å². The molecule has 0 radical (unpaired) electrons. The Balaban J connectivity index is 1.83. The lowest BCUT2D eigenvalue weighted by Crippen LogP contribution is -2.42. The first-order valence-electron chi connectivity index (χ1n) is 8.61. The van der Waals surface area contributed by atoms with Gasteiger partial charge in [-0.15, -0.1) is 0 Å². The first-order chi connectivity index (χ1) is 12.6. The summed E-state index contributed by atoms with van der Waals surface area (Å²) in [7, 11) is 1.32. The lowest BCUT2D eigenvalue weighted by molar-refractivity contribution is -0.144. The van der Waals surface area contributed by atoms with Gasteiger partial charge in [0.25, 0.3) is 0 Å². The monoisotopic (exact) mass is 353 g/mol. The second-order valence-electron chi connectivity index (χ2n) is 6.39. The van der Waals surface area contributed by atoms with E-state index in [0.29, 0.717) is 18.8 Å². The van der Waals surface area contributed by atoms with Gasteiger partial charge in [0.2, 0.25) is 5.91 Å². The Morgan fingerprint density at radius 2 is 2.04 bits per heavy atom. The Kier molecular flexibility index (Phi) is 5.41. The van der Waals surface area contributed by atoms with Crippen molar-refractivity contribution in [3.05, 3.63) is 59.7 Å². The van der Waals surface area contributed by atoms with Gasteiger partial charge in [0.15, 0.2) is 0 Å². The SMILES string of the molecule is COC(=O)CC1Nc2cc(N)ccc2CN(CCc2ccccc2)C1=O. The maximum absolute atomic E-state index is 13.0. The number of rotatable bonds is 5. The van der Waals surface area contributed by atoms with E-state index in [1.165, 1.54) is 12.7 Å². The molecule has 1 aliphatic heterocycles. The van der Waals surface area contributed by atoms with Crippen molar-refractivity contribution < 1.29 is 14.3 Å². The standard InChI is InChI=1S/C20H23N3O3/c1-26-19(24)12-18-20(25)23(10-9-14-5-3-2-4-6-14)13-15-7-8-16(21)11-17(15)22-18/h2-8,11,18,22H,9-10,12-13,21H2,1H3. The van der Waals surface area contributed by atoms with Crippen LogP contribution >= 0.6 is 0 Å². The van der Waals surface area contributed by atoms with E-state index in [1.54, 1.807) is 11.0 Å². The van der Waals surface area contributed by atoms with Crippen LogP contribution in [0.5, 0.6) is 0 Å². The van der Waals surface area contributed by atoms with E-state index in [9.17, 15) is 9.59 Å². The average molecular weight is 353 g/mol. The molecule has 0 spiro atoms. The number of hydrogen-bond donors (Lipinski definition) is 2. The minimum atomic E-state index is -0.665. The van der Waals surface area contributed by atoms with Crippen LogP contribution in [0.3, 0.4) is 0 Å². The smallest absolute Gasteiger partial charge is 0.308 e. The van der Waals surface area contributed by atoms with Crippen LogP contribution in [0.25, 0.3) is 0 Å². The Labute approximate surface area is 152 Å². The maximum atomic E-state index is 13.0. The molecule has 0 bridgehead atoms. The summed E-state index contributed by atoms with van der Waals surface area (Å²) in [6.07, 6.45) is 0.729. The van der Waals surface area contributed by atoms with Gasteiger partial charge in [-0.25, -0.2) is 0 Å². The molecule has 0 saturated heterocycles. The van der Waals surface area contributed by atoms with Gasteiger partial charge in [0, 0.05) is 24.5 Å². The van der Waals surface area contributed by atoms with Crippen molar-refractivity contribution in [1.29, 1.82) is 0 Å². The number of ether oxygens (including phenoxy) is 1. The molecule has 2 aromatic rings. The summed E-state index contributed by atoms with van der Waals surface area (Å²) < 4.78 is 4.74. The molecule has 1 heterocycles. The zero-order valence-corrected chi connectivity index (χ0v) is 14.8. The molecule has 26 heavy (non-hydrogen) atoms. The fraction of sp³-hybridized carbons (Fsp3) is 0.300. The van der Waals surface area contributed by atoms with Crippen molar-refractivity contribution >= 4 is 23.3 Å². The van der Waals surface area contributed by atoms with E-state index < -0.39 is 12.0 Å².